The first kappa shape index (κ1) is 24.5. The van der Waals surface area contributed by atoms with Crippen molar-refractivity contribution in [1.29, 1.82) is 0 Å². The van der Waals surface area contributed by atoms with Gasteiger partial charge in [0.15, 0.2) is 11.5 Å². The first-order chi connectivity index (χ1) is 12.9. The summed E-state index contributed by atoms with van der Waals surface area (Å²) in [5, 5.41) is 21.1. The third-order valence-electron chi connectivity index (χ3n) is 3.38. The van der Waals surface area contributed by atoms with Crippen LogP contribution in [-0.2, 0) is 20.7 Å². The minimum Gasteiger partial charge on any atom is -0.504 e. The number of hydrogen-bond donors (Lipinski definition) is 4. The van der Waals surface area contributed by atoms with Crippen LogP contribution in [0.15, 0.2) is 18.2 Å². The van der Waals surface area contributed by atoms with Gasteiger partial charge in [0.1, 0.15) is 0 Å². The van der Waals surface area contributed by atoms with E-state index in [9.17, 15) is 19.8 Å². The van der Waals surface area contributed by atoms with Crippen molar-refractivity contribution < 1.29 is 29.3 Å². The van der Waals surface area contributed by atoms with Crippen molar-refractivity contribution in [1.82, 2.24) is 5.32 Å². The molecule has 0 saturated heterocycles. The van der Waals surface area contributed by atoms with Crippen LogP contribution in [0.1, 0.15) is 52.0 Å². The maximum Gasteiger partial charge on any atom is 0.410 e. The molecule has 0 fully saturated rings. The lowest BCUT2D eigenvalue weighted by Gasteiger charge is -2.14. The molecule has 0 aliphatic carbocycles. The number of alkyl carbamates (subject to hydrolysis) is 1. The van der Waals surface area contributed by atoms with Crippen molar-refractivity contribution in [2.24, 2.45) is 5.73 Å². The highest BCUT2D eigenvalue weighted by atomic mass is 16.7. The SMILES string of the molecule is CC.CC(OC(=O)CCCCCN)OC(=O)NCCc1ccc(O)c(O)c1. The van der Waals surface area contributed by atoms with E-state index in [1.807, 2.05) is 13.8 Å². The largest absolute Gasteiger partial charge is 0.504 e. The molecule has 0 heterocycles. The van der Waals surface area contributed by atoms with Gasteiger partial charge in [-0.3, -0.25) is 4.79 Å². The molecule has 1 atom stereocenters. The molecule has 1 unspecified atom stereocenters. The summed E-state index contributed by atoms with van der Waals surface area (Å²) < 4.78 is 9.91. The van der Waals surface area contributed by atoms with Gasteiger partial charge in [0, 0.05) is 19.9 Å². The number of nitrogens with one attached hydrogen (secondary N) is 1. The Labute approximate surface area is 160 Å². The molecule has 0 bridgehead atoms. The minimum atomic E-state index is -0.972. The number of unbranched alkanes of at least 4 members (excludes halogenated alkanes) is 2. The molecular formula is C19H32N2O6. The lowest BCUT2D eigenvalue weighted by Crippen LogP contribution is -2.31. The molecule has 1 aromatic carbocycles. The van der Waals surface area contributed by atoms with Crippen molar-refractivity contribution in [3.05, 3.63) is 23.8 Å². The predicted molar refractivity (Wildman–Crippen MR) is 102 cm³/mol. The van der Waals surface area contributed by atoms with Crippen LogP contribution in [-0.4, -0.2) is 41.7 Å². The molecule has 1 aromatic rings. The highest BCUT2D eigenvalue weighted by Crippen LogP contribution is 2.24. The molecule has 0 aliphatic rings. The first-order valence-corrected chi connectivity index (χ1v) is 9.27. The van der Waals surface area contributed by atoms with Gasteiger partial charge in [0.2, 0.25) is 6.29 Å². The van der Waals surface area contributed by atoms with Crippen LogP contribution in [0.2, 0.25) is 0 Å². The Hall–Kier alpha value is -2.48. The van der Waals surface area contributed by atoms with Gasteiger partial charge in [0.05, 0.1) is 0 Å². The highest BCUT2D eigenvalue weighted by molar-refractivity contribution is 5.70. The third-order valence-corrected chi connectivity index (χ3v) is 3.38. The zero-order chi connectivity index (χ0) is 20.7. The van der Waals surface area contributed by atoms with Crippen molar-refractivity contribution in [3.63, 3.8) is 0 Å². The summed E-state index contributed by atoms with van der Waals surface area (Å²) in [7, 11) is 0. The van der Waals surface area contributed by atoms with E-state index in [-0.39, 0.29) is 24.5 Å². The van der Waals surface area contributed by atoms with E-state index in [1.54, 1.807) is 6.07 Å². The summed E-state index contributed by atoms with van der Waals surface area (Å²) >= 11 is 0. The second-order valence-corrected chi connectivity index (χ2v) is 5.56. The average molecular weight is 384 g/mol. The number of phenols is 2. The van der Waals surface area contributed by atoms with E-state index in [0.717, 1.165) is 18.4 Å². The number of carbonyl (C=O) groups is 2. The minimum absolute atomic E-state index is 0.199. The van der Waals surface area contributed by atoms with Gasteiger partial charge in [-0.2, -0.15) is 0 Å². The topological polar surface area (TPSA) is 131 Å². The number of esters is 1. The fourth-order valence-electron chi connectivity index (χ4n) is 2.08. The fraction of sp³-hybridized carbons (Fsp3) is 0.579. The Bertz CT molecular complexity index is 565. The van der Waals surface area contributed by atoms with Crippen LogP contribution < -0.4 is 11.1 Å². The normalized spacial score (nSPS) is 11.0. The second kappa shape index (κ2) is 14.7. The number of phenolic OH excluding ortho intramolecular Hbond substituents is 2. The molecule has 0 spiro atoms. The Morgan fingerprint density at radius 2 is 1.81 bits per heavy atom. The van der Waals surface area contributed by atoms with Crippen LogP contribution in [0, 0.1) is 0 Å². The molecule has 0 aromatic heterocycles. The number of hydrogen-bond acceptors (Lipinski definition) is 7. The van der Waals surface area contributed by atoms with Gasteiger partial charge in [-0.05, 0) is 43.5 Å². The van der Waals surface area contributed by atoms with Crippen LogP contribution in [0.25, 0.3) is 0 Å². The summed E-state index contributed by atoms with van der Waals surface area (Å²) in [6.45, 7) is 6.33. The monoisotopic (exact) mass is 384 g/mol. The van der Waals surface area contributed by atoms with Crippen LogP contribution in [0.4, 0.5) is 4.79 Å². The van der Waals surface area contributed by atoms with E-state index in [4.69, 9.17) is 15.2 Å². The molecule has 27 heavy (non-hydrogen) atoms. The molecular weight excluding hydrogens is 352 g/mol. The van der Waals surface area contributed by atoms with Gasteiger partial charge in [-0.25, -0.2) is 4.79 Å². The van der Waals surface area contributed by atoms with E-state index in [1.165, 1.54) is 19.1 Å². The number of benzene rings is 1. The Kier molecular flexibility index (Phi) is 13.3. The zero-order valence-corrected chi connectivity index (χ0v) is 16.4. The van der Waals surface area contributed by atoms with Gasteiger partial charge in [-0.1, -0.05) is 26.3 Å². The molecule has 1 rings (SSSR count). The molecule has 8 heteroatoms. The quantitative estimate of drug-likeness (QED) is 0.211. The number of nitrogens with two attached hydrogens (primary N) is 1. The van der Waals surface area contributed by atoms with Crippen LogP contribution in [0.5, 0.6) is 11.5 Å². The van der Waals surface area contributed by atoms with Crippen molar-refractivity contribution in [3.8, 4) is 11.5 Å². The van der Waals surface area contributed by atoms with Gasteiger partial charge < -0.3 is 30.7 Å². The Morgan fingerprint density at radius 3 is 2.44 bits per heavy atom. The molecule has 1 amide bonds. The van der Waals surface area contributed by atoms with Crippen molar-refractivity contribution in [2.75, 3.05) is 13.1 Å². The summed E-state index contributed by atoms with van der Waals surface area (Å²) in [6, 6.07) is 4.42. The number of rotatable bonds is 10. The van der Waals surface area contributed by atoms with E-state index >= 15 is 0 Å². The maximum atomic E-state index is 11.6. The molecule has 0 saturated carbocycles. The number of aromatic hydroxyl groups is 2. The molecule has 154 valence electrons. The third kappa shape index (κ3) is 11.7. The van der Waals surface area contributed by atoms with E-state index < -0.39 is 18.4 Å². The second-order valence-electron chi connectivity index (χ2n) is 5.56. The summed E-state index contributed by atoms with van der Waals surface area (Å²) in [4.78, 5) is 23.2. The number of amides is 1. The van der Waals surface area contributed by atoms with Gasteiger partial charge >= 0.3 is 12.1 Å². The van der Waals surface area contributed by atoms with Gasteiger partial charge in [0.25, 0.3) is 0 Å². The zero-order valence-electron chi connectivity index (χ0n) is 16.4. The van der Waals surface area contributed by atoms with Crippen molar-refractivity contribution >= 4 is 12.1 Å². The maximum absolute atomic E-state index is 11.6. The van der Waals surface area contributed by atoms with Crippen molar-refractivity contribution in [2.45, 2.75) is 59.2 Å². The van der Waals surface area contributed by atoms with Crippen LogP contribution >= 0.6 is 0 Å². The molecule has 8 nitrogen and oxygen atoms in total. The number of carbonyl (C=O) groups excluding carboxylic acids is 2. The summed E-state index contributed by atoms with van der Waals surface area (Å²) in [5.41, 5.74) is 6.11. The fourth-order valence-corrected chi connectivity index (χ4v) is 2.08. The average Bonchev–Trinajstić information content (AvgIpc) is 2.63. The predicted octanol–water partition coefficient (Wildman–Crippen LogP) is 2.80. The molecule has 0 aliphatic heterocycles. The van der Waals surface area contributed by atoms with E-state index in [2.05, 4.69) is 5.32 Å². The van der Waals surface area contributed by atoms with Gasteiger partial charge in [-0.15, -0.1) is 0 Å². The first-order valence-electron chi connectivity index (χ1n) is 9.27. The van der Waals surface area contributed by atoms with Crippen LogP contribution in [0.3, 0.4) is 0 Å². The standard InChI is InChI=1S/C17H26N2O6.C2H6/c1-12(24-16(22)5-3-2-4-9-18)25-17(23)19-10-8-13-6-7-14(20)15(21)11-13;1-2/h6-7,11-12,20-21H,2-5,8-10,18H2,1H3,(H,19,23);1-2H3. The molecule has 5 N–H and O–H groups in total. The number of ether oxygens (including phenoxy) is 2. The summed E-state index contributed by atoms with van der Waals surface area (Å²) in [5.74, 6) is -0.834. The summed E-state index contributed by atoms with van der Waals surface area (Å²) in [6.07, 6.45) is 1.44. The lowest BCUT2D eigenvalue weighted by molar-refractivity contribution is -0.164. The molecule has 0 radical (unpaired) electrons. The lowest BCUT2D eigenvalue weighted by atomic mass is 10.1. The Balaban J connectivity index is 0.00000326. The highest BCUT2D eigenvalue weighted by Gasteiger charge is 2.13. The Morgan fingerprint density at radius 1 is 1.11 bits per heavy atom. The smallest absolute Gasteiger partial charge is 0.410 e. The van der Waals surface area contributed by atoms with E-state index in [0.29, 0.717) is 19.4 Å².